The number of aromatic nitrogens is 1. The van der Waals surface area contributed by atoms with E-state index in [2.05, 4.69) is 24.1 Å². The molecule has 5 nitrogen and oxygen atoms in total. The van der Waals surface area contributed by atoms with Crippen LogP contribution in [0.4, 0.5) is 5.69 Å². The summed E-state index contributed by atoms with van der Waals surface area (Å²) in [4.78, 5) is 16.9. The SMILES string of the molecule is CC(C)(CCCO)CNC(=O)c1sc2cnccc2c1N. The number of rotatable bonds is 6. The molecule has 114 valence electrons. The van der Waals surface area contributed by atoms with Crippen LogP contribution in [0.15, 0.2) is 18.5 Å². The molecular formula is C15H21N3O2S. The van der Waals surface area contributed by atoms with Crippen molar-refractivity contribution in [2.75, 3.05) is 18.9 Å². The number of nitrogens with zero attached hydrogens (tertiary/aromatic N) is 1. The van der Waals surface area contributed by atoms with Crippen molar-refractivity contribution in [1.29, 1.82) is 0 Å². The summed E-state index contributed by atoms with van der Waals surface area (Å²) in [6.07, 6.45) is 4.98. The largest absolute Gasteiger partial charge is 0.397 e. The second kappa shape index (κ2) is 6.41. The average molecular weight is 307 g/mol. The first-order chi connectivity index (χ1) is 9.94. The minimum Gasteiger partial charge on any atom is -0.397 e. The van der Waals surface area contributed by atoms with E-state index in [1.165, 1.54) is 11.3 Å². The van der Waals surface area contributed by atoms with Crippen LogP contribution >= 0.6 is 11.3 Å². The highest BCUT2D eigenvalue weighted by atomic mass is 32.1. The first-order valence-corrected chi connectivity index (χ1v) is 7.77. The van der Waals surface area contributed by atoms with Crippen LogP contribution in [0.5, 0.6) is 0 Å². The van der Waals surface area contributed by atoms with Crippen molar-refractivity contribution in [3.05, 3.63) is 23.3 Å². The van der Waals surface area contributed by atoms with Gasteiger partial charge in [0.1, 0.15) is 4.88 Å². The summed E-state index contributed by atoms with van der Waals surface area (Å²) in [6, 6.07) is 1.82. The summed E-state index contributed by atoms with van der Waals surface area (Å²) < 4.78 is 0.916. The van der Waals surface area contributed by atoms with Gasteiger partial charge in [0.2, 0.25) is 0 Å². The Morgan fingerprint density at radius 3 is 2.95 bits per heavy atom. The molecule has 2 rings (SSSR count). The lowest BCUT2D eigenvalue weighted by atomic mass is 9.88. The second-order valence-corrected chi connectivity index (χ2v) is 6.94. The van der Waals surface area contributed by atoms with Crippen molar-refractivity contribution >= 4 is 33.0 Å². The Hall–Kier alpha value is -1.66. The van der Waals surface area contributed by atoms with Crippen LogP contribution in [0.2, 0.25) is 0 Å². The van der Waals surface area contributed by atoms with Crippen molar-refractivity contribution < 1.29 is 9.90 Å². The van der Waals surface area contributed by atoms with Crippen molar-refractivity contribution in [3.8, 4) is 0 Å². The Balaban J connectivity index is 2.07. The molecule has 0 aliphatic heterocycles. The summed E-state index contributed by atoms with van der Waals surface area (Å²) in [6.45, 7) is 4.87. The smallest absolute Gasteiger partial charge is 0.263 e. The van der Waals surface area contributed by atoms with Gasteiger partial charge in [0, 0.05) is 30.9 Å². The van der Waals surface area contributed by atoms with E-state index >= 15 is 0 Å². The van der Waals surface area contributed by atoms with Crippen LogP contribution in [-0.4, -0.2) is 29.1 Å². The van der Waals surface area contributed by atoms with Gasteiger partial charge >= 0.3 is 0 Å². The number of fused-ring (bicyclic) bond motifs is 1. The molecule has 2 aromatic heterocycles. The van der Waals surface area contributed by atoms with E-state index in [0.29, 0.717) is 17.1 Å². The highest BCUT2D eigenvalue weighted by Gasteiger charge is 2.21. The number of aliphatic hydroxyl groups excluding tert-OH is 1. The van der Waals surface area contributed by atoms with Crippen molar-refractivity contribution in [3.63, 3.8) is 0 Å². The maximum atomic E-state index is 12.3. The molecular weight excluding hydrogens is 286 g/mol. The molecule has 0 radical (unpaired) electrons. The van der Waals surface area contributed by atoms with Crippen molar-refractivity contribution in [1.82, 2.24) is 10.3 Å². The predicted molar refractivity (Wildman–Crippen MR) is 86.5 cm³/mol. The zero-order chi connectivity index (χ0) is 15.5. The fraction of sp³-hybridized carbons (Fsp3) is 0.467. The molecule has 4 N–H and O–H groups in total. The summed E-state index contributed by atoms with van der Waals surface area (Å²) in [5, 5.41) is 12.7. The molecule has 0 aromatic carbocycles. The third-order valence-corrected chi connectivity index (χ3v) is 4.63. The van der Waals surface area contributed by atoms with Gasteiger partial charge in [-0.05, 0) is 24.3 Å². The second-order valence-electron chi connectivity index (χ2n) is 5.89. The van der Waals surface area contributed by atoms with Gasteiger partial charge in [0.15, 0.2) is 0 Å². The number of nitrogen functional groups attached to an aromatic ring is 1. The zero-order valence-electron chi connectivity index (χ0n) is 12.3. The van der Waals surface area contributed by atoms with Crippen LogP contribution in [0, 0.1) is 5.41 Å². The number of pyridine rings is 1. The van der Waals surface area contributed by atoms with Gasteiger partial charge in [-0.25, -0.2) is 0 Å². The molecule has 0 spiro atoms. The quantitative estimate of drug-likeness (QED) is 0.764. The van der Waals surface area contributed by atoms with Crippen molar-refractivity contribution in [2.45, 2.75) is 26.7 Å². The highest BCUT2D eigenvalue weighted by Crippen LogP contribution is 2.32. The van der Waals surface area contributed by atoms with Crippen LogP contribution < -0.4 is 11.1 Å². The highest BCUT2D eigenvalue weighted by molar-refractivity contribution is 7.21. The monoisotopic (exact) mass is 307 g/mol. The van der Waals surface area contributed by atoms with Gasteiger partial charge in [-0.15, -0.1) is 11.3 Å². The zero-order valence-corrected chi connectivity index (χ0v) is 13.2. The van der Waals surface area contributed by atoms with Crippen LogP contribution in [0.25, 0.3) is 10.1 Å². The van der Waals surface area contributed by atoms with Crippen LogP contribution in [0.1, 0.15) is 36.4 Å². The normalized spacial score (nSPS) is 11.8. The van der Waals surface area contributed by atoms with Gasteiger partial charge in [-0.3, -0.25) is 9.78 Å². The summed E-state index contributed by atoms with van der Waals surface area (Å²) in [7, 11) is 0. The number of anilines is 1. The fourth-order valence-corrected chi connectivity index (χ4v) is 3.19. The summed E-state index contributed by atoms with van der Waals surface area (Å²) >= 11 is 1.36. The molecule has 0 saturated carbocycles. The summed E-state index contributed by atoms with van der Waals surface area (Å²) in [5.74, 6) is -0.147. The number of nitrogens with two attached hydrogens (primary N) is 1. The number of amides is 1. The van der Waals surface area contributed by atoms with Gasteiger partial charge in [0.25, 0.3) is 5.91 Å². The molecule has 0 aliphatic rings. The lowest BCUT2D eigenvalue weighted by molar-refractivity contribution is 0.0938. The number of hydrogen-bond donors (Lipinski definition) is 3. The van der Waals surface area contributed by atoms with E-state index < -0.39 is 0 Å². The van der Waals surface area contributed by atoms with E-state index in [1.54, 1.807) is 12.4 Å². The van der Waals surface area contributed by atoms with E-state index in [9.17, 15) is 4.79 Å². The third kappa shape index (κ3) is 3.71. The maximum Gasteiger partial charge on any atom is 0.263 e. The topological polar surface area (TPSA) is 88.2 Å². The molecule has 21 heavy (non-hydrogen) atoms. The predicted octanol–water partition coefficient (Wildman–Crippen LogP) is 2.41. The minimum atomic E-state index is -0.147. The number of hydrogen-bond acceptors (Lipinski definition) is 5. The average Bonchev–Trinajstić information content (AvgIpc) is 2.81. The van der Waals surface area contributed by atoms with Gasteiger partial charge < -0.3 is 16.2 Å². The van der Waals surface area contributed by atoms with E-state index in [1.807, 2.05) is 6.07 Å². The molecule has 0 aliphatic carbocycles. The molecule has 1 amide bonds. The van der Waals surface area contributed by atoms with Crippen LogP contribution in [-0.2, 0) is 0 Å². The number of thiophene rings is 1. The van der Waals surface area contributed by atoms with Crippen LogP contribution in [0.3, 0.4) is 0 Å². The molecule has 0 saturated heterocycles. The Bertz CT molecular complexity index is 637. The third-order valence-electron chi connectivity index (χ3n) is 3.48. The fourth-order valence-electron chi connectivity index (χ4n) is 2.19. The summed E-state index contributed by atoms with van der Waals surface area (Å²) in [5.41, 5.74) is 6.51. The molecule has 2 heterocycles. The number of carbonyl (C=O) groups is 1. The number of carbonyl (C=O) groups excluding carboxylic acids is 1. The lowest BCUT2D eigenvalue weighted by Gasteiger charge is -2.24. The number of aliphatic hydroxyl groups is 1. The Morgan fingerprint density at radius 2 is 2.29 bits per heavy atom. The molecule has 6 heteroatoms. The number of nitrogens with one attached hydrogen (secondary N) is 1. The van der Waals surface area contributed by atoms with Gasteiger partial charge in [-0.2, -0.15) is 0 Å². The first-order valence-electron chi connectivity index (χ1n) is 6.96. The Labute approximate surface area is 128 Å². The van der Waals surface area contributed by atoms with Crippen molar-refractivity contribution in [2.24, 2.45) is 5.41 Å². The van der Waals surface area contributed by atoms with Gasteiger partial charge in [0.05, 0.1) is 10.4 Å². The molecule has 0 bridgehead atoms. The first kappa shape index (κ1) is 15.7. The van der Waals surface area contributed by atoms with E-state index in [4.69, 9.17) is 10.8 Å². The minimum absolute atomic E-state index is 0.0502. The maximum absolute atomic E-state index is 12.3. The Kier molecular flexibility index (Phi) is 4.80. The molecule has 0 fully saturated rings. The Morgan fingerprint density at radius 1 is 1.52 bits per heavy atom. The molecule has 0 unspecified atom stereocenters. The van der Waals surface area contributed by atoms with E-state index in [-0.39, 0.29) is 17.9 Å². The lowest BCUT2D eigenvalue weighted by Crippen LogP contribution is -2.34. The molecule has 0 atom stereocenters. The van der Waals surface area contributed by atoms with Gasteiger partial charge in [-0.1, -0.05) is 13.8 Å². The standard InChI is InChI=1S/C15H21N3O2S/c1-15(2,5-3-7-19)9-18-14(20)13-12(16)10-4-6-17-8-11(10)21-13/h4,6,8,19H,3,5,7,9,16H2,1-2H3,(H,18,20). The molecule has 2 aromatic rings. The van der Waals surface area contributed by atoms with E-state index in [0.717, 1.165) is 22.9 Å².